The molecule has 8 nitrogen and oxygen atoms in total. The summed E-state index contributed by atoms with van der Waals surface area (Å²) in [6, 6.07) is 11.8. The third-order valence-corrected chi connectivity index (χ3v) is 5.11. The predicted octanol–water partition coefficient (Wildman–Crippen LogP) is 4.14. The molecule has 0 radical (unpaired) electrons. The first kappa shape index (κ1) is 21.3. The molecular formula is C22H25N3O5. The van der Waals surface area contributed by atoms with Crippen molar-refractivity contribution in [2.45, 2.75) is 46.2 Å². The number of oxazole rings is 1. The molecule has 8 heteroatoms. The Bertz CT molecular complexity index is 1130. The molecule has 1 unspecified atom stereocenters. The third kappa shape index (κ3) is 4.42. The number of benzene rings is 2. The van der Waals surface area contributed by atoms with E-state index in [-0.39, 0.29) is 35.7 Å². The Morgan fingerprint density at radius 3 is 2.30 bits per heavy atom. The van der Waals surface area contributed by atoms with Gasteiger partial charge in [0.05, 0.1) is 22.5 Å². The number of aromatic nitrogens is 1. The summed E-state index contributed by atoms with van der Waals surface area (Å²) in [5, 5.41) is 13.9. The Morgan fingerprint density at radius 1 is 1.10 bits per heavy atom. The number of non-ortho nitro benzene ring substituents is 1. The number of fused-ring (bicyclic) bond motifs is 1. The summed E-state index contributed by atoms with van der Waals surface area (Å²) >= 11 is 0. The Hall–Kier alpha value is -3.42. The van der Waals surface area contributed by atoms with Gasteiger partial charge in [0.2, 0.25) is 5.91 Å². The summed E-state index contributed by atoms with van der Waals surface area (Å²) in [4.78, 5) is 35.3. The number of carbonyl (C=O) groups is 1. The molecule has 3 aromatic rings. The van der Waals surface area contributed by atoms with Gasteiger partial charge >= 0.3 is 5.76 Å². The zero-order chi connectivity index (χ0) is 22.0. The van der Waals surface area contributed by atoms with Gasteiger partial charge in [-0.15, -0.1) is 0 Å². The monoisotopic (exact) mass is 411 g/mol. The number of nitro benzene ring substituents is 1. The van der Waals surface area contributed by atoms with Crippen LogP contribution in [0, 0.1) is 16.0 Å². The molecule has 0 aliphatic carbocycles. The van der Waals surface area contributed by atoms with Crippen molar-refractivity contribution in [1.82, 2.24) is 9.88 Å². The van der Waals surface area contributed by atoms with Crippen LogP contribution in [0.4, 0.5) is 5.69 Å². The highest BCUT2D eigenvalue weighted by molar-refractivity contribution is 5.80. The Morgan fingerprint density at radius 2 is 1.73 bits per heavy atom. The van der Waals surface area contributed by atoms with E-state index in [0.29, 0.717) is 11.4 Å². The number of amides is 1. The summed E-state index contributed by atoms with van der Waals surface area (Å²) in [6.07, 6.45) is 0. The first-order valence-corrected chi connectivity index (χ1v) is 9.84. The molecule has 0 saturated carbocycles. The number of hydrogen-bond donors (Lipinski definition) is 1. The minimum atomic E-state index is -0.733. The van der Waals surface area contributed by atoms with Gasteiger partial charge in [0.1, 0.15) is 6.54 Å². The van der Waals surface area contributed by atoms with Gasteiger partial charge in [0.15, 0.2) is 5.58 Å². The highest BCUT2D eigenvalue weighted by Crippen LogP contribution is 2.24. The molecule has 0 aliphatic heterocycles. The maximum absolute atomic E-state index is 12.7. The van der Waals surface area contributed by atoms with Gasteiger partial charge in [-0.05, 0) is 29.0 Å². The maximum Gasteiger partial charge on any atom is 0.420 e. The van der Waals surface area contributed by atoms with E-state index in [2.05, 4.69) is 31.3 Å². The third-order valence-electron chi connectivity index (χ3n) is 5.11. The van der Waals surface area contributed by atoms with Gasteiger partial charge in [0, 0.05) is 6.07 Å². The zero-order valence-corrected chi connectivity index (χ0v) is 17.4. The van der Waals surface area contributed by atoms with Crippen LogP contribution in [-0.2, 0) is 11.3 Å². The molecule has 0 spiro atoms. The van der Waals surface area contributed by atoms with Crippen molar-refractivity contribution in [2.75, 3.05) is 0 Å². The van der Waals surface area contributed by atoms with E-state index in [1.807, 2.05) is 26.0 Å². The number of nitrogens with zero attached hydrogens (tertiary/aromatic N) is 2. The molecule has 1 heterocycles. The summed E-state index contributed by atoms with van der Waals surface area (Å²) in [7, 11) is 0. The van der Waals surface area contributed by atoms with Gasteiger partial charge in [-0.1, -0.05) is 52.0 Å². The lowest BCUT2D eigenvalue weighted by Crippen LogP contribution is -2.35. The second-order valence-corrected chi connectivity index (χ2v) is 7.97. The average molecular weight is 411 g/mol. The number of hydrogen-bond acceptors (Lipinski definition) is 5. The van der Waals surface area contributed by atoms with Crippen LogP contribution in [0.3, 0.4) is 0 Å². The van der Waals surface area contributed by atoms with Crippen molar-refractivity contribution in [1.29, 1.82) is 0 Å². The summed E-state index contributed by atoms with van der Waals surface area (Å²) < 4.78 is 6.26. The fourth-order valence-corrected chi connectivity index (χ4v) is 3.40. The largest absolute Gasteiger partial charge is 0.420 e. The van der Waals surface area contributed by atoms with Crippen LogP contribution in [0.25, 0.3) is 11.1 Å². The standard InChI is InChI=1S/C22H25N3O5/c1-13(2)15-5-7-16(8-6-15)21(14(3)4)23-20(26)12-24-18-10-9-17(25(28)29)11-19(18)30-22(24)27/h5-11,13-14,21H,12H2,1-4H3,(H,23,26). The van der Waals surface area contributed by atoms with E-state index < -0.39 is 10.7 Å². The van der Waals surface area contributed by atoms with Crippen LogP contribution in [0.15, 0.2) is 51.7 Å². The van der Waals surface area contributed by atoms with E-state index in [0.717, 1.165) is 5.56 Å². The minimum Gasteiger partial charge on any atom is -0.407 e. The summed E-state index contributed by atoms with van der Waals surface area (Å²) in [6.45, 7) is 8.03. The molecule has 0 saturated heterocycles. The number of nitrogens with one attached hydrogen (secondary N) is 1. The molecule has 0 fully saturated rings. The van der Waals surface area contributed by atoms with Gasteiger partial charge < -0.3 is 9.73 Å². The van der Waals surface area contributed by atoms with Crippen molar-refractivity contribution in [2.24, 2.45) is 5.92 Å². The quantitative estimate of drug-likeness (QED) is 0.464. The highest BCUT2D eigenvalue weighted by Gasteiger charge is 2.21. The van der Waals surface area contributed by atoms with Crippen LogP contribution in [-0.4, -0.2) is 15.4 Å². The van der Waals surface area contributed by atoms with Gasteiger partial charge in [-0.3, -0.25) is 19.5 Å². The molecule has 0 aliphatic rings. The van der Waals surface area contributed by atoms with E-state index >= 15 is 0 Å². The molecule has 3 rings (SSSR count). The van der Waals surface area contributed by atoms with E-state index in [1.54, 1.807) is 0 Å². The van der Waals surface area contributed by atoms with Crippen molar-refractivity contribution in [3.05, 3.63) is 74.3 Å². The number of nitro groups is 1. The van der Waals surface area contributed by atoms with Crippen molar-refractivity contribution in [3.8, 4) is 0 Å². The molecule has 2 aromatic carbocycles. The fourth-order valence-electron chi connectivity index (χ4n) is 3.40. The normalized spacial score (nSPS) is 12.5. The lowest BCUT2D eigenvalue weighted by Gasteiger charge is -2.23. The lowest BCUT2D eigenvalue weighted by atomic mass is 9.93. The minimum absolute atomic E-state index is 0.0756. The number of carbonyl (C=O) groups excluding carboxylic acids is 1. The SMILES string of the molecule is CC(C)c1ccc(C(NC(=O)Cn2c(=O)oc3cc([N+](=O)[O-])ccc32)C(C)C)cc1. The van der Waals surface area contributed by atoms with E-state index in [4.69, 9.17) is 4.42 Å². The fraction of sp³-hybridized carbons (Fsp3) is 0.364. The highest BCUT2D eigenvalue weighted by atomic mass is 16.6. The predicted molar refractivity (Wildman–Crippen MR) is 113 cm³/mol. The Kier molecular flexibility index (Phi) is 6.05. The van der Waals surface area contributed by atoms with E-state index in [1.165, 1.54) is 28.3 Å². The lowest BCUT2D eigenvalue weighted by molar-refractivity contribution is -0.384. The van der Waals surface area contributed by atoms with Crippen LogP contribution in [0.2, 0.25) is 0 Å². The molecule has 158 valence electrons. The first-order valence-electron chi connectivity index (χ1n) is 9.84. The van der Waals surface area contributed by atoms with Crippen LogP contribution in [0.5, 0.6) is 0 Å². The molecule has 30 heavy (non-hydrogen) atoms. The van der Waals surface area contributed by atoms with Crippen molar-refractivity contribution < 1.29 is 14.1 Å². The van der Waals surface area contributed by atoms with Gasteiger partial charge in [0.25, 0.3) is 5.69 Å². The molecule has 0 bridgehead atoms. The molecule has 1 aromatic heterocycles. The Labute approximate surface area is 173 Å². The summed E-state index contributed by atoms with van der Waals surface area (Å²) in [5.41, 5.74) is 2.44. The number of rotatable bonds is 7. The molecule has 1 amide bonds. The average Bonchev–Trinajstić information content (AvgIpc) is 3.00. The van der Waals surface area contributed by atoms with Crippen molar-refractivity contribution in [3.63, 3.8) is 0 Å². The second kappa shape index (κ2) is 8.52. The smallest absolute Gasteiger partial charge is 0.407 e. The molecular weight excluding hydrogens is 386 g/mol. The van der Waals surface area contributed by atoms with Crippen LogP contribution < -0.4 is 11.1 Å². The van der Waals surface area contributed by atoms with Crippen LogP contribution in [0.1, 0.15) is 50.8 Å². The molecule has 1 atom stereocenters. The molecule has 1 N–H and O–H groups in total. The maximum atomic E-state index is 12.7. The first-order chi connectivity index (χ1) is 14.2. The zero-order valence-electron chi connectivity index (χ0n) is 17.4. The van der Waals surface area contributed by atoms with Gasteiger partial charge in [-0.25, -0.2) is 4.79 Å². The summed E-state index contributed by atoms with van der Waals surface area (Å²) in [5.74, 6) is -0.518. The second-order valence-electron chi connectivity index (χ2n) is 7.97. The Balaban J connectivity index is 1.81. The topological polar surface area (TPSA) is 107 Å². The van der Waals surface area contributed by atoms with E-state index in [9.17, 15) is 19.7 Å². The van der Waals surface area contributed by atoms with Crippen LogP contribution >= 0.6 is 0 Å². The van der Waals surface area contributed by atoms with Crippen molar-refractivity contribution >= 4 is 22.7 Å². The van der Waals surface area contributed by atoms with Gasteiger partial charge in [-0.2, -0.15) is 0 Å².